The van der Waals surface area contributed by atoms with E-state index in [1.165, 1.54) is 12.1 Å². The third-order valence-corrected chi connectivity index (χ3v) is 2.63. The minimum atomic E-state index is -1.01. The van der Waals surface area contributed by atoms with Gasteiger partial charge in [0.2, 0.25) is 0 Å². The first-order valence-electron chi connectivity index (χ1n) is 5.03. The molecule has 0 aliphatic heterocycles. The van der Waals surface area contributed by atoms with Gasteiger partial charge in [-0.15, -0.1) is 0 Å². The molecule has 0 aromatic heterocycles. The molecule has 0 unspecified atom stereocenters. The van der Waals surface area contributed by atoms with E-state index in [2.05, 4.69) is 10.1 Å². The fourth-order valence-corrected chi connectivity index (χ4v) is 1.69. The average Bonchev–Trinajstić information content (AvgIpc) is 2.31. The third-order valence-electron chi connectivity index (χ3n) is 1.96. The minimum Gasteiger partial charge on any atom is -0.459 e. The van der Waals surface area contributed by atoms with E-state index < -0.39 is 17.8 Å². The molecule has 1 aromatic carbocycles. The maximum Gasteiger partial charge on any atom is 0.397 e. The number of anilines is 1. The van der Waals surface area contributed by atoms with Crippen LogP contribution in [0.5, 0.6) is 0 Å². The topological polar surface area (TPSA) is 98.5 Å². The van der Waals surface area contributed by atoms with Gasteiger partial charge in [0.05, 0.1) is 17.9 Å². The number of hydrogen-bond acceptors (Lipinski definition) is 4. The Morgan fingerprint density at radius 2 is 2.06 bits per heavy atom. The zero-order chi connectivity index (χ0) is 13.7. The van der Waals surface area contributed by atoms with Gasteiger partial charge < -0.3 is 15.8 Å². The van der Waals surface area contributed by atoms with Crippen LogP contribution < -0.4 is 11.1 Å². The van der Waals surface area contributed by atoms with Gasteiger partial charge in [-0.3, -0.25) is 9.59 Å². The van der Waals surface area contributed by atoms with Gasteiger partial charge in [-0.05, 0) is 47.7 Å². The summed E-state index contributed by atoms with van der Waals surface area (Å²) in [4.78, 5) is 33.8. The van der Waals surface area contributed by atoms with Crippen LogP contribution in [0, 0.1) is 3.57 Å². The van der Waals surface area contributed by atoms with Gasteiger partial charge in [-0.25, -0.2) is 4.79 Å². The van der Waals surface area contributed by atoms with Crippen LogP contribution in [-0.4, -0.2) is 24.4 Å². The molecule has 0 bridgehead atoms. The van der Waals surface area contributed by atoms with Gasteiger partial charge in [-0.1, -0.05) is 0 Å². The molecule has 0 heterocycles. The number of nitrogens with one attached hydrogen (secondary N) is 1. The zero-order valence-corrected chi connectivity index (χ0v) is 11.7. The Morgan fingerprint density at radius 3 is 2.61 bits per heavy atom. The van der Waals surface area contributed by atoms with Gasteiger partial charge in [0.25, 0.3) is 5.91 Å². The van der Waals surface area contributed by atoms with Crippen LogP contribution in [0.15, 0.2) is 18.2 Å². The molecule has 0 atom stereocenters. The molecule has 3 N–H and O–H groups in total. The number of amides is 2. The fourth-order valence-electron chi connectivity index (χ4n) is 1.20. The lowest BCUT2D eigenvalue weighted by Gasteiger charge is -2.08. The summed E-state index contributed by atoms with van der Waals surface area (Å²) in [5.74, 6) is -2.64. The molecule has 0 aliphatic rings. The quantitative estimate of drug-likeness (QED) is 0.474. The number of nitrogens with two attached hydrogens (primary N) is 1. The Morgan fingerprint density at radius 1 is 1.39 bits per heavy atom. The second kappa shape index (κ2) is 6.34. The summed E-state index contributed by atoms with van der Waals surface area (Å²) in [5, 5.41) is 2.29. The molecule has 2 amide bonds. The Kier molecular flexibility index (Phi) is 5.08. The maximum absolute atomic E-state index is 11.4. The molecule has 7 heteroatoms. The van der Waals surface area contributed by atoms with Crippen LogP contribution in [-0.2, 0) is 14.3 Å². The van der Waals surface area contributed by atoms with Crippen molar-refractivity contribution in [3.8, 4) is 0 Å². The lowest BCUT2D eigenvalue weighted by atomic mass is 10.1. The first-order valence-corrected chi connectivity index (χ1v) is 6.11. The summed E-state index contributed by atoms with van der Waals surface area (Å²) < 4.78 is 5.32. The van der Waals surface area contributed by atoms with Crippen molar-refractivity contribution < 1.29 is 19.1 Å². The Balaban J connectivity index is 2.94. The number of benzene rings is 1. The highest BCUT2D eigenvalue weighted by Crippen LogP contribution is 2.18. The van der Waals surface area contributed by atoms with Gasteiger partial charge in [0, 0.05) is 3.57 Å². The molecular weight excluding hydrogens is 351 g/mol. The van der Waals surface area contributed by atoms with E-state index >= 15 is 0 Å². The van der Waals surface area contributed by atoms with Gasteiger partial charge >= 0.3 is 11.9 Å². The SMILES string of the molecule is CCOC(=O)C(=O)Nc1ccc(I)cc1C(N)=O. The lowest BCUT2D eigenvalue weighted by molar-refractivity contribution is -0.152. The van der Waals surface area contributed by atoms with Crippen LogP contribution in [0.25, 0.3) is 0 Å². The van der Waals surface area contributed by atoms with Crippen molar-refractivity contribution in [1.82, 2.24) is 0 Å². The highest BCUT2D eigenvalue weighted by Gasteiger charge is 2.18. The summed E-state index contributed by atoms with van der Waals surface area (Å²) in [6.45, 7) is 1.69. The van der Waals surface area contributed by atoms with Gasteiger partial charge in [-0.2, -0.15) is 0 Å². The van der Waals surface area contributed by atoms with Crippen molar-refractivity contribution in [2.24, 2.45) is 5.73 Å². The van der Waals surface area contributed by atoms with Crippen molar-refractivity contribution in [1.29, 1.82) is 0 Å². The molecule has 0 fully saturated rings. The van der Waals surface area contributed by atoms with Crippen molar-refractivity contribution >= 4 is 46.1 Å². The standard InChI is InChI=1S/C11H11IN2O4/c1-2-18-11(17)10(16)14-8-4-3-6(12)5-7(8)9(13)15/h3-5H,2H2,1H3,(H2,13,15)(H,14,16). The normalized spacial score (nSPS) is 9.67. The van der Waals surface area contributed by atoms with E-state index in [1.54, 1.807) is 13.0 Å². The maximum atomic E-state index is 11.4. The summed E-state index contributed by atoms with van der Waals surface area (Å²) in [6, 6.07) is 4.69. The number of ether oxygens (including phenoxy) is 1. The van der Waals surface area contributed by atoms with E-state index in [9.17, 15) is 14.4 Å². The predicted molar refractivity (Wildman–Crippen MR) is 72.9 cm³/mol. The van der Waals surface area contributed by atoms with Crippen LogP contribution in [0.2, 0.25) is 0 Å². The molecule has 96 valence electrons. The number of esters is 1. The molecule has 6 nitrogen and oxygen atoms in total. The minimum absolute atomic E-state index is 0.0988. The van der Waals surface area contributed by atoms with Crippen molar-refractivity contribution in [2.45, 2.75) is 6.92 Å². The first-order chi connectivity index (χ1) is 8.45. The van der Waals surface area contributed by atoms with Crippen molar-refractivity contribution in [3.63, 3.8) is 0 Å². The van der Waals surface area contributed by atoms with Crippen LogP contribution in [0.3, 0.4) is 0 Å². The summed E-state index contributed by atoms with van der Waals surface area (Å²) >= 11 is 2.00. The third kappa shape index (κ3) is 3.69. The molecule has 0 radical (unpaired) electrons. The summed E-state index contributed by atoms with van der Waals surface area (Å²) in [7, 11) is 0. The predicted octanol–water partition coefficient (Wildman–Crippen LogP) is 0.892. The fraction of sp³-hybridized carbons (Fsp3) is 0.182. The average molecular weight is 362 g/mol. The number of halogens is 1. The molecule has 18 heavy (non-hydrogen) atoms. The molecule has 1 aromatic rings. The number of rotatable bonds is 3. The van der Waals surface area contributed by atoms with E-state index in [4.69, 9.17) is 5.73 Å². The Hall–Kier alpha value is -1.64. The number of carbonyl (C=O) groups excluding carboxylic acids is 3. The number of carbonyl (C=O) groups is 3. The highest BCUT2D eigenvalue weighted by molar-refractivity contribution is 14.1. The summed E-state index contributed by atoms with van der Waals surface area (Å²) in [6.07, 6.45) is 0. The zero-order valence-electron chi connectivity index (χ0n) is 9.53. The lowest BCUT2D eigenvalue weighted by Crippen LogP contribution is -2.26. The highest BCUT2D eigenvalue weighted by atomic mass is 127. The van der Waals surface area contributed by atoms with Gasteiger partial charge in [0.15, 0.2) is 0 Å². The smallest absolute Gasteiger partial charge is 0.397 e. The molecular formula is C11H11IN2O4. The Labute approximate surface area is 117 Å². The van der Waals surface area contributed by atoms with E-state index in [0.717, 1.165) is 3.57 Å². The molecule has 0 spiro atoms. The first kappa shape index (κ1) is 14.4. The van der Waals surface area contributed by atoms with E-state index in [1.807, 2.05) is 22.6 Å². The second-order valence-electron chi connectivity index (χ2n) is 3.23. The van der Waals surface area contributed by atoms with Crippen LogP contribution in [0.4, 0.5) is 5.69 Å². The monoisotopic (exact) mass is 362 g/mol. The van der Waals surface area contributed by atoms with Gasteiger partial charge in [0.1, 0.15) is 0 Å². The number of primary amides is 1. The largest absolute Gasteiger partial charge is 0.459 e. The molecule has 0 saturated carbocycles. The van der Waals surface area contributed by atoms with Crippen molar-refractivity contribution in [3.05, 3.63) is 27.3 Å². The second-order valence-corrected chi connectivity index (χ2v) is 4.47. The van der Waals surface area contributed by atoms with Crippen LogP contribution >= 0.6 is 22.6 Å². The van der Waals surface area contributed by atoms with Crippen molar-refractivity contribution in [2.75, 3.05) is 11.9 Å². The molecule has 1 rings (SSSR count). The van der Waals surface area contributed by atoms with E-state index in [0.29, 0.717) is 0 Å². The molecule has 0 aliphatic carbocycles. The summed E-state index contributed by atoms with van der Waals surface area (Å²) in [5.41, 5.74) is 5.50. The van der Waals surface area contributed by atoms with Crippen LogP contribution in [0.1, 0.15) is 17.3 Å². The number of hydrogen-bond donors (Lipinski definition) is 2. The Bertz CT molecular complexity index is 502. The molecule has 0 saturated heterocycles. The van der Waals surface area contributed by atoms with E-state index in [-0.39, 0.29) is 17.9 Å².